The number of benzene rings is 1. The minimum absolute atomic E-state index is 0.0929. The van der Waals surface area contributed by atoms with Gasteiger partial charge in [-0.05, 0) is 22.3 Å². The number of amides is 1. The van der Waals surface area contributed by atoms with Crippen molar-refractivity contribution in [3.8, 4) is 0 Å². The summed E-state index contributed by atoms with van der Waals surface area (Å²) in [6.45, 7) is 9.71. The standard InChI is InChI=1S/C16H24N2O/c1-15(2)12(16(15,3)4)10-18-14(19)13(17)11-8-6-5-7-9-11/h5-9,12-13H,10,17H2,1-4H3,(H,18,19)/t13-/m0/s1. The molecule has 19 heavy (non-hydrogen) atoms. The van der Waals surface area contributed by atoms with Gasteiger partial charge in [-0.15, -0.1) is 0 Å². The van der Waals surface area contributed by atoms with Crippen molar-refractivity contribution in [2.75, 3.05) is 6.54 Å². The third kappa shape index (κ3) is 2.39. The van der Waals surface area contributed by atoms with E-state index in [1.807, 2.05) is 30.3 Å². The third-order valence-corrected chi connectivity index (χ3v) is 5.24. The van der Waals surface area contributed by atoms with Crippen LogP contribution in [0.2, 0.25) is 0 Å². The summed E-state index contributed by atoms with van der Waals surface area (Å²) in [5.41, 5.74) is 7.40. The summed E-state index contributed by atoms with van der Waals surface area (Å²) in [7, 11) is 0. The molecule has 0 aliphatic heterocycles. The molecule has 1 atom stereocenters. The number of nitrogens with two attached hydrogens (primary N) is 1. The summed E-state index contributed by atoms with van der Waals surface area (Å²) in [6, 6.07) is 8.91. The Hall–Kier alpha value is -1.35. The molecular formula is C16H24N2O. The highest BCUT2D eigenvalue weighted by atomic mass is 16.2. The van der Waals surface area contributed by atoms with E-state index in [0.29, 0.717) is 12.5 Å². The van der Waals surface area contributed by atoms with Gasteiger partial charge in [-0.2, -0.15) is 0 Å². The van der Waals surface area contributed by atoms with Crippen LogP contribution < -0.4 is 11.1 Å². The van der Waals surface area contributed by atoms with Crippen molar-refractivity contribution in [3.05, 3.63) is 35.9 Å². The Morgan fingerprint density at radius 2 is 1.74 bits per heavy atom. The molecule has 0 heterocycles. The van der Waals surface area contributed by atoms with Crippen LogP contribution >= 0.6 is 0 Å². The zero-order chi connectivity index (χ0) is 14.3. The van der Waals surface area contributed by atoms with Crippen LogP contribution in [0.3, 0.4) is 0 Å². The molecule has 0 unspecified atom stereocenters. The second kappa shape index (κ2) is 4.64. The van der Waals surface area contributed by atoms with E-state index in [9.17, 15) is 4.79 Å². The summed E-state index contributed by atoms with van der Waals surface area (Å²) in [5.74, 6) is 0.427. The van der Waals surface area contributed by atoms with Crippen LogP contribution in [0.5, 0.6) is 0 Å². The molecule has 1 aromatic rings. The van der Waals surface area contributed by atoms with E-state index < -0.39 is 6.04 Å². The first-order valence-corrected chi connectivity index (χ1v) is 6.86. The second-order valence-electron chi connectivity index (χ2n) is 6.63. The van der Waals surface area contributed by atoms with Gasteiger partial charge in [-0.3, -0.25) is 4.79 Å². The maximum Gasteiger partial charge on any atom is 0.241 e. The zero-order valence-corrected chi connectivity index (χ0v) is 12.2. The molecule has 0 bridgehead atoms. The normalized spacial score (nSPS) is 21.7. The molecule has 0 saturated heterocycles. The average Bonchev–Trinajstić information content (AvgIpc) is 2.77. The molecule has 3 heteroatoms. The maximum absolute atomic E-state index is 12.1. The molecule has 0 radical (unpaired) electrons. The number of hydrogen-bond acceptors (Lipinski definition) is 2. The van der Waals surface area contributed by atoms with E-state index in [2.05, 4.69) is 33.0 Å². The van der Waals surface area contributed by atoms with Crippen LogP contribution in [0.1, 0.15) is 39.3 Å². The number of carbonyl (C=O) groups excluding carboxylic acids is 1. The SMILES string of the molecule is CC1(C)C(CNC(=O)[C@@H](N)c2ccccc2)C1(C)C. The third-order valence-electron chi connectivity index (χ3n) is 5.24. The molecule has 1 amide bonds. The molecule has 0 aromatic heterocycles. The lowest BCUT2D eigenvalue weighted by atomic mass is 10.0. The van der Waals surface area contributed by atoms with Gasteiger partial charge in [-0.1, -0.05) is 58.0 Å². The molecule has 3 nitrogen and oxygen atoms in total. The number of rotatable bonds is 4. The molecule has 1 saturated carbocycles. The Morgan fingerprint density at radius 3 is 2.21 bits per heavy atom. The van der Waals surface area contributed by atoms with E-state index in [1.165, 1.54) is 0 Å². The van der Waals surface area contributed by atoms with Gasteiger partial charge >= 0.3 is 0 Å². The van der Waals surface area contributed by atoms with E-state index in [0.717, 1.165) is 5.56 Å². The Kier molecular flexibility index (Phi) is 3.43. The summed E-state index contributed by atoms with van der Waals surface area (Å²) in [4.78, 5) is 12.1. The van der Waals surface area contributed by atoms with Crippen molar-refractivity contribution < 1.29 is 4.79 Å². The summed E-state index contributed by atoms with van der Waals surface area (Å²) < 4.78 is 0. The Labute approximate surface area is 115 Å². The molecule has 1 aliphatic carbocycles. The monoisotopic (exact) mass is 260 g/mol. The van der Waals surface area contributed by atoms with Crippen LogP contribution in [0.15, 0.2) is 30.3 Å². The zero-order valence-electron chi connectivity index (χ0n) is 12.2. The summed E-state index contributed by atoms with van der Waals surface area (Å²) >= 11 is 0. The van der Waals surface area contributed by atoms with Crippen molar-refractivity contribution >= 4 is 5.91 Å². The summed E-state index contributed by atoms with van der Waals surface area (Å²) in [6.07, 6.45) is 0. The van der Waals surface area contributed by atoms with Crippen molar-refractivity contribution in [2.24, 2.45) is 22.5 Å². The second-order valence-corrected chi connectivity index (χ2v) is 6.63. The molecule has 1 aromatic carbocycles. The molecule has 1 fully saturated rings. The van der Waals surface area contributed by atoms with Crippen LogP contribution in [0.4, 0.5) is 0 Å². The van der Waals surface area contributed by atoms with Crippen molar-refractivity contribution in [2.45, 2.75) is 33.7 Å². The minimum Gasteiger partial charge on any atom is -0.354 e. The van der Waals surface area contributed by atoms with Crippen molar-refractivity contribution in [3.63, 3.8) is 0 Å². The average molecular weight is 260 g/mol. The van der Waals surface area contributed by atoms with Gasteiger partial charge in [0.15, 0.2) is 0 Å². The van der Waals surface area contributed by atoms with Gasteiger partial charge in [-0.25, -0.2) is 0 Å². The van der Waals surface area contributed by atoms with Crippen LogP contribution in [0, 0.1) is 16.7 Å². The summed E-state index contributed by atoms with van der Waals surface area (Å²) in [5, 5.41) is 2.99. The minimum atomic E-state index is -0.578. The molecule has 1 aliphatic rings. The Balaban J connectivity index is 1.90. The van der Waals surface area contributed by atoms with Crippen molar-refractivity contribution in [1.82, 2.24) is 5.32 Å². The lowest BCUT2D eigenvalue weighted by molar-refractivity contribution is -0.122. The molecule has 0 spiro atoms. The predicted molar refractivity (Wildman–Crippen MR) is 77.4 cm³/mol. The van der Waals surface area contributed by atoms with Gasteiger partial charge in [0.1, 0.15) is 6.04 Å². The van der Waals surface area contributed by atoms with Gasteiger partial charge < -0.3 is 11.1 Å². The van der Waals surface area contributed by atoms with Gasteiger partial charge in [0.25, 0.3) is 0 Å². The highest BCUT2D eigenvalue weighted by molar-refractivity contribution is 5.82. The molecule has 104 valence electrons. The van der Waals surface area contributed by atoms with Crippen molar-refractivity contribution in [1.29, 1.82) is 0 Å². The van der Waals surface area contributed by atoms with E-state index in [-0.39, 0.29) is 16.7 Å². The lowest BCUT2D eigenvalue weighted by Gasteiger charge is -2.13. The fourth-order valence-electron chi connectivity index (χ4n) is 2.97. The highest BCUT2D eigenvalue weighted by Gasteiger charge is 2.64. The van der Waals surface area contributed by atoms with E-state index in [4.69, 9.17) is 5.73 Å². The Bertz CT molecular complexity index is 451. The van der Waals surface area contributed by atoms with Gasteiger partial charge in [0.05, 0.1) is 0 Å². The largest absolute Gasteiger partial charge is 0.354 e. The van der Waals surface area contributed by atoms with Crippen LogP contribution in [-0.2, 0) is 4.79 Å². The highest BCUT2D eigenvalue weighted by Crippen LogP contribution is 2.67. The quantitative estimate of drug-likeness (QED) is 0.874. The lowest BCUT2D eigenvalue weighted by Crippen LogP contribution is -2.35. The molecule has 2 rings (SSSR count). The van der Waals surface area contributed by atoms with E-state index >= 15 is 0 Å². The van der Waals surface area contributed by atoms with E-state index in [1.54, 1.807) is 0 Å². The van der Waals surface area contributed by atoms with Gasteiger partial charge in [0, 0.05) is 6.54 Å². The van der Waals surface area contributed by atoms with Crippen LogP contribution in [-0.4, -0.2) is 12.5 Å². The first-order chi connectivity index (χ1) is 8.78. The number of hydrogen-bond donors (Lipinski definition) is 2. The molecular weight excluding hydrogens is 236 g/mol. The fourth-order valence-corrected chi connectivity index (χ4v) is 2.97. The maximum atomic E-state index is 12.1. The number of carbonyl (C=O) groups is 1. The molecule has 3 N–H and O–H groups in total. The van der Waals surface area contributed by atoms with Gasteiger partial charge in [0.2, 0.25) is 5.91 Å². The van der Waals surface area contributed by atoms with Crippen LogP contribution in [0.25, 0.3) is 0 Å². The first kappa shape index (κ1) is 14.1. The fraction of sp³-hybridized carbons (Fsp3) is 0.562. The predicted octanol–water partition coefficient (Wildman–Crippen LogP) is 2.48. The number of nitrogens with one attached hydrogen (secondary N) is 1. The smallest absolute Gasteiger partial charge is 0.241 e. The first-order valence-electron chi connectivity index (χ1n) is 6.86. The Morgan fingerprint density at radius 1 is 1.21 bits per heavy atom. The topological polar surface area (TPSA) is 55.1 Å².